The van der Waals surface area contributed by atoms with Crippen molar-refractivity contribution in [2.24, 2.45) is 0 Å². The van der Waals surface area contributed by atoms with Gasteiger partial charge in [0.25, 0.3) is 0 Å². The summed E-state index contributed by atoms with van der Waals surface area (Å²) in [7, 11) is 0. The van der Waals surface area contributed by atoms with Gasteiger partial charge in [-0.15, -0.1) is 0 Å². The number of rotatable bonds is 5. The van der Waals surface area contributed by atoms with Crippen LogP contribution in [0.4, 0.5) is 0 Å². The third kappa shape index (κ3) is 2.56. The van der Waals surface area contributed by atoms with Gasteiger partial charge in [-0.05, 0) is 30.4 Å². The molecule has 1 N–H and O–H groups in total. The lowest BCUT2D eigenvalue weighted by molar-refractivity contribution is 0.209. The molecule has 0 spiro atoms. The van der Waals surface area contributed by atoms with E-state index < -0.39 is 6.10 Å². The van der Waals surface area contributed by atoms with Crippen LogP contribution in [0.1, 0.15) is 55.2 Å². The molecule has 1 aromatic heterocycles. The molecular formula is C16H20N2O. The Bertz CT molecular complexity index is 557. The molecule has 3 rings (SSSR count). The monoisotopic (exact) mass is 256 g/mol. The second-order valence-corrected chi connectivity index (χ2v) is 5.35. The van der Waals surface area contributed by atoms with Gasteiger partial charge in [0.2, 0.25) is 0 Å². The fraction of sp³-hybridized carbons (Fsp3) is 0.438. The van der Waals surface area contributed by atoms with Crippen LogP contribution in [0.15, 0.2) is 36.8 Å². The number of benzene rings is 1. The zero-order valence-corrected chi connectivity index (χ0v) is 11.3. The minimum absolute atomic E-state index is 0.547. The average Bonchev–Trinajstić information content (AvgIpc) is 3.16. The maximum atomic E-state index is 10.6. The number of aromatic nitrogens is 2. The van der Waals surface area contributed by atoms with Crippen molar-refractivity contribution >= 4 is 0 Å². The van der Waals surface area contributed by atoms with E-state index in [1.54, 1.807) is 6.20 Å². The summed E-state index contributed by atoms with van der Waals surface area (Å²) in [6, 6.07) is 8.80. The van der Waals surface area contributed by atoms with Crippen molar-refractivity contribution in [3.63, 3.8) is 0 Å². The van der Waals surface area contributed by atoms with E-state index in [2.05, 4.69) is 28.6 Å². The van der Waals surface area contributed by atoms with Gasteiger partial charge in [0.1, 0.15) is 6.10 Å². The molecule has 1 aliphatic rings. The summed E-state index contributed by atoms with van der Waals surface area (Å²) in [6.45, 7) is 2.17. The Balaban J connectivity index is 1.88. The van der Waals surface area contributed by atoms with Gasteiger partial charge in [-0.25, -0.2) is 4.98 Å². The molecule has 1 unspecified atom stereocenters. The second kappa shape index (κ2) is 5.17. The summed E-state index contributed by atoms with van der Waals surface area (Å²) in [5.41, 5.74) is 3.17. The van der Waals surface area contributed by atoms with Gasteiger partial charge in [0.15, 0.2) is 0 Å². The van der Waals surface area contributed by atoms with Crippen molar-refractivity contribution in [3.8, 4) is 0 Å². The summed E-state index contributed by atoms with van der Waals surface area (Å²) in [6.07, 6.45) is 7.64. The predicted octanol–water partition coefficient (Wildman–Crippen LogP) is 3.25. The highest BCUT2D eigenvalue weighted by atomic mass is 16.3. The Kier molecular flexibility index (Phi) is 3.38. The first kappa shape index (κ1) is 12.4. The number of hydrogen-bond donors (Lipinski definition) is 1. The largest absolute Gasteiger partial charge is 0.382 e. The number of aliphatic hydroxyl groups excluding tert-OH is 1. The molecule has 1 fully saturated rings. The molecule has 1 aromatic carbocycles. The smallest absolute Gasteiger partial charge is 0.121 e. The highest BCUT2D eigenvalue weighted by Gasteiger charge is 2.27. The zero-order chi connectivity index (χ0) is 13.2. The van der Waals surface area contributed by atoms with Crippen LogP contribution < -0.4 is 0 Å². The van der Waals surface area contributed by atoms with E-state index >= 15 is 0 Å². The van der Waals surface area contributed by atoms with E-state index in [1.807, 2.05) is 18.5 Å². The Morgan fingerprint density at radius 2 is 2.26 bits per heavy atom. The quantitative estimate of drug-likeness (QED) is 0.891. The van der Waals surface area contributed by atoms with Gasteiger partial charge >= 0.3 is 0 Å². The zero-order valence-electron chi connectivity index (χ0n) is 11.3. The van der Waals surface area contributed by atoms with Crippen LogP contribution in [-0.2, 0) is 6.42 Å². The van der Waals surface area contributed by atoms with Gasteiger partial charge in [-0.1, -0.05) is 37.6 Å². The Morgan fingerprint density at radius 1 is 1.42 bits per heavy atom. The normalized spacial score (nSPS) is 16.5. The lowest BCUT2D eigenvalue weighted by Gasteiger charge is -2.14. The van der Waals surface area contributed by atoms with E-state index in [4.69, 9.17) is 0 Å². The van der Waals surface area contributed by atoms with Crippen LogP contribution in [0.5, 0.6) is 0 Å². The first-order chi connectivity index (χ1) is 9.29. The molecule has 1 atom stereocenters. The van der Waals surface area contributed by atoms with Gasteiger partial charge in [0.05, 0.1) is 18.2 Å². The molecule has 1 heterocycles. The van der Waals surface area contributed by atoms with Crippen LogP contribution in [0.25, 0.3) is 0 Å². The fourth-order valence-electron chi connectivity index (χ4n) is 2.56. The molecule has 2 aromatic rings. The third-order valence-corrected chi connectivity index (χ3v) is 3.72. The summed E-state index contributed by atoms with van der Waals surface area (Å²) in [4.78, 5) is 4.19. The van der Waals surface area contributed by atoms with Gasteiger partial charge in [-0.2, -0.15) is 0 Å². The Hall–Kier alpha value is -1.61. The summed E-state index contributed by atoms with van der Waals surface area (Å²) >= 11 is 0. The number of hydrogen-bond acceptors (Lipinski definition) is 2. The topological polar surface area (TPSA) is 38.1 Å². The lowest BCUT2D eigenvalue weighted by Crippen LogP contribution is -2.07. The predicted molar refractivity (Wildman–Crippen MR) is 75.0 cm³/mol. The third-order valence-electron chi connectivity index (χ3n) is 3.72. The van der Waals surface area contributed by atoms with E-state index in [1.165, 1.54) is 18.4 Å². The molecule has 3 heteroatoms. The number of aryl methyl sites for hydroxylation is 1. The van der Waals surface area contributed by atoms with Crippen LogP contribution in [0.2, 0.25) is 0 Å². The van der Waals surface area contributed by atoms with E-state index in [0.717, 1.165) is 24.1 Å². The number of imidazole rings is 1. The molecule has 0 radical (unpaired) electrons. The van der Waals surface area contributed by atoms with E-state index in [-0.39, 0.29) is 0 Å². The van der Waals surface area contributed by atoms with Crippen LogP contribution >= 0.6 is 0 Å². The van der Waals surface area contributed by atoms with Crippen LogP contribution in [0, 0.1) is 0 Å². The maximum Gasteiger partial charge on any atom is 0.121 e. The van der Waals surface area contributed by atoms with Crippen molar-refractivity contribution in [1.29, 1.82) is 0 Å². The minimum Gasteiger partial charge on any atom is -0.382 e. The molecule has 0 amide bonds. The van der Waals surface area contributed by atoms with E-state index in [9.17, 15) is 5.11 Å². The number of aliphatic hydroxyl groups is 1. The second-order valence-electron chi connectivity index (χ2n) is 5.35. The molecule has 0 saturated heterocycles. The highest BCUT2D eigenvalue weighted by Crippen LogP contribution is 2.37. The minimum atomic E-state index is -0.570. The molecule has 1 aliphatic carbocycles. The van der Waals surface area contributed by atoms with Crippen molar-refractivity contribution in [2.45, 2.75) is 44.8 Å². The number of nitrogens with zero attached hydrogens (tertiary/aromatic N) is 2. The van der Waals surface area contributed by atoms with Gasteiger partial charge in [-0.3, -0.25) is 0 Å². The average molecular weight is 256 g/mol. The standard InChI is InChI=1S/C16H20N2O/c1-2-4-12-5-3-6-13(9-12)16(19)15-10-17-11-18(15)14-7-8-14/h3,5-6,9-11,14,16,19H,2,4,7-8H2,1H3. The molecule has 100 valence electrons. The molecule has 3 nitrogen and oxygen atoms in total. The van der Waals surface area contributed by atoms with Crippen molar-refractivity contribution < 1.29 is 5.11 Å². The Morgan fingerprint density at radius 3 is 3.00 bits per heavy atom. The molecular weight excluding hydrogens is 236 g/mol. The van der Waals surface area contributed by atoms with Crippen LogP contribution in [0.3, 0.4) is 0 Å². The molecule has 0 aliphatic heterocycles. The molecule has 1 saturated carbocycles. The van der Waals surface area contributed by atoms with Gasteiger partial charge < -0.3 is 9.67 Å². The van der Waals surface area contributed by atoms with Crippen molar-refractivity contribution in [3.05, 3.63) is 53.6 Å². The summed E-state index contributed by atoms with van der Waals surface area (Å²) < 4.78 is 2.12. The van der Waals surface area contributed by atoms with Crippen molar-refractivity contribution in [2.75, 3.05) is 0 Å². The highest BCUT2D eigenvalue weighted by molar-refractivity contribution is 5.30. The molecule has 19 heavy (non-hydrogen) atoms. The van der Waals surface area contributed by atoms with Gasteiger partial charge in [0, 0.05) is 6.04 Å². The van der Waals surface area contributed by atoms with Crippen LogP contribution in [-0.4, -0.2) is 14.7 Å². The maximum absolute atomic E-state index is 10.6. The fourth-order valence-corrected chi connectivity index (χ4v) is 2.56. The lowest BCUT2D eigenvalue weighted by atomic mass is 10.0. The van der Waals surface area contributed by atoms with Crippen molar-refractivity contribution in [1.82, 2.24) is 9.55 Å². The SMILES string of the molecule is CCCc1cccc(C(O)c2cncn2C2CC2)c1. The van der Waals surface area contributed by atoms with E-state index in [0.29, 0.717) is 6.04 Å². The summed E-state index contributed by atoms with van der Waals surface area (Å²) in [5.74, 6) is 0. The Labute approximate surface area is 113 Å². The first-order valence-corrected chi connectivity index (χ1v) is 7.08. The molecule has 0 bridgehead atoms. The summed E-state index contributed by atoms with van der Waals surface area (Å²) in [5, 5.41) is 10.6. The first-order valence-electron chi connectivity index (χ1n) is 7.08.